The molecule has 0 saturated carbocycles. The first kappa shape index (κ1) is 10.8. The molecule has 1 heterocycles. The zero-order valence-electron chi connectivity index (χ0n) is 8.07. The predicted molar refractivity (Wildman–Crippen MR) is 63.9 cm³/mol. The Morgan fingerprint density at radius 3 is 2.75 bits per heavy atom. The van der Waals surface area contributed by atoms with Gasteiger partial charge in [-0.25, -0.2) is 0 Å². The summed E-state index contributed by atoms with van der Waals surface area (Å²) in [6, 6.07) is 5.81. The van der Waals surface area contributed by atoms with E-state index in [-0.39, 0.29) is 11.2 Å². The number of pyridine rings is 1. The number of alkyl halides is 1. The SMILES string of the molecule is O=c1cc(CBr)c2cc([N+](=O)[O-])ccc2[nH]1. The van der Waals surface area contributed by atoms with E-state index in [9.17, 15) is 14.9 Å². The molecule has 0 aliphatic rings. The van der Waals surface area contributed by atoms with Crippen LogP contribution in [0.3, 0.4) is 0 Å². The molecule has 0 unspecified atom stereocenters. The van der Waals surface area contributed by atoms with E-state index < -0.39 is 4.92 Å². The average molecular weight is 283 g/mol. The normalized spacial score (nSPS) is 10.6. The smallest absolute Gasteiger partial charge is 0.270 e. The first-order chi connectivity index (χ1) is 7.61. The number of rotatable bonds is 2. The Labute approximate surface area is 98.4 Å². The first-order valence-corrected chi connectivity index (χ1v) is 5.60. The molecule has 0 saturated heterocycles. The van der Waals surface area contributed by atoms with Gasteiger partial charge in [0.25, 0.3) is 5.69 Å². The van der Waals surface area contributed by atoms with Crippen molar-refractivity contribution in [3.8, 4) is 0 Å². The second-order valence-electron chi connectivity index (χ2n) is 3.28. The lowest BCUT2D eigenvalue weighted by Crippen LogP contribution is -2.05. The molecule has 1 N–H and O–H groups in total. The Morgan fingerprint density at radius 2 is 2.12 bits per heavy atom. The number of hydrogen-bond donors (Lipinski definition) is 1. The van der Waals surface area contributed by atoms with Crippen LogP contribution >= 0.6 is 15.9 Å². The van der Waals surface area contributed by atoms with Crippen molar-refractivity contribution in [2.24, 2.45) is 0 Å². The van der Waals surface area contributed by atoms with Gasteiger partial charge in [0.2, 0.25) is 5.56 Å². The number of halogens is 1. The highest BCUT2D eigenvalue weighted by molar-refractivity contribution is 9.08. The molecule has 0 spiro atoms. The Balaban J connectivity index is 2.81. The van der Waals surface area contributed by atoms with Crippen LogP contribution in [0.1, 0.15) is 5.56 Å². The summed E-state index contributed by atoms with van der Waals surface area (Å²) in [6.45, 7) is 0. The second kappa shape index (κ2) is 4.05. The fraction of sp³-hybridized carbons (Fsp3) is 0.100. The summed E-state index contributed by atoms with van der Waals surface area (Å²) < 4.78 is 0. The lowest BCUT2D eigenvalue weighted by atomic mass is 10.1. The van der Waals surface area contributed by atoms with E-state index in [1.807, 2.05) is 0 Å². The van der Waals surface area contributed by atoms with Gasteiger partial charge in [0.15, 0.2) is 0 Å². The summed E-state index contributed by atoms with van der Waals surface area (Å²) in [6.07, 6.45) is 0. The van der Waals surface area contributed by atoms with E-state index in [1.165, 1.54) is 18.2 Å². The van der Waals surface area contributed by atoms with Gasteiger partial charge in [-0.1, -0.05) is 15.9 Å². The Bertz CT molecular complexity index is 621. The number of benzene rings is 1. The van der Waals surface area contributed by atoms with Crippen LogP contribution in [0.2, 0.25) is 0 Å². The molecule has 0 bridgehead atoms. The predicted octanol–water partition coefficient (Wildman–Crippen LogP) is 2.33. The Morgan fingerprint density at radius 1 is 1.38 bits per heavy atom. The topological polar surface area (TPSA) is 76.0 Å². The van der Waals surface area contributed by atoms with E-state index >= 15 is 0 Å². The van der Waals surface area contributed by atoms with Crippen molar-refractivity contribution in [3.63, 3.8) is 0 Å². The van der Waals surface area contributed by atoms with Gasteiger partial charge >= 0.3 is 0 Å². The molecule has 0 aliphatic heterocycles. The van der Waals surface area contributed by atoms with Crippen LogP contribution in [-0.4, -0.2) is 9.91 Å². The average Bonchev–Trinajstić information content (AvgIpc) is 2.27. The third-order valence-electron chi connectivity index (χ3n) is 2.27. The minimum absolute atomic E-state index is 0.0155. The number of H-pyrrole nitrogens is 1. The van der Waals surface area contributed by atoms with Crippen LogP contribution in [0.4, 0.5) is 5.69 Å². The molecule has 0 fully saturated rings. The highest BCUT2D eigenvalue weighted by atomic mass is 79.9. The molecule has 2 aromatic rings. The van der Waals surface area contributed by atoms with Gasteiger partial charge in [-0.2, -0.15) is 0 Å². The third kappa shape index (κ3) is 1.83. The molecule has 2 rings (SSSR count). The molecule has 1 aromatic heterocycles. The summed E-state index contributed by atoms with van der Waals surface area (Å²) >= 11 is 3.25. The maximum Gasteiger partial charge on any atom is 0.270 e. The molecule has 82 valence electrons. The number of non-ortho nitro benzene ring substituents is 1. The van der Waals surface area contributed by atoms with Crippen LogP contribution in [0.5, 0.6) is 0 Å². The van der Waals surface area contributed by atoms with E-state index in [4.69, 9.17) is 0 Å². The minimum atomic E-state index is -0.456. The van der Waals surface area contributed by atoms with Gasteiger partial charge in [0.1, 0.15) is 0 Å². The number of aromatic amines is 1. The second-order valence-corrected chi connectivity index (χ2v) is 3.84. The van der Waals surface area contributed by atoms with Crippen molar-refractivity contribution >= 4 is 32.5 Å². The zero-order valence-corrected chi connectivity index (χ0v) is 9.65. The summed E-state index contributed by atoms with van der Waals surface area (Å²) in [5.41, 5.74) is 1.15. The summed E-state index contributed by atoms with van der Waals surface area (Å²) in [7, 11) is 0. The van der Waals surface area contributed by atoms with Crippen LogP contribution < -0.4 is 5.56 Å². The lowest BCUT2D eigenvalue weighted by Gasteiger charge is -2.02. The van der Waals surface area contributed by atoms with Crippen molar-refractivity contribution in [1.29, 1.82) is 0 Å². The number of fused-ring (bicyclic) bond motifs is 1. The quantitative estimate of drug-likeness (QED) is 0.522. The maximum absolute atomic E-state index is 11.3. The number of nitro groups is 1. The Kier molecular flexibility index (Phi) is 2.74. The molecule has 6 heteroatoms. The molecule has 5 nitrogen and oxygen atoms in total. The first-order valence-electron chi connectivity index (χ1n) is 4.48. The molecule has 0 amide bonds. The molecule has 0 aliphatic carbocycles. The van der Waals surface area contributed by atoms with Crippen LogP contribution in [0, 0.1) is 10.1 Å². The standard InChI is InChI=1S/C10H7BrN2O3/c11-5-6-3-10(14)12-9-2-1-7(13(15)16)4-8(6)9/h1-4H,5H2,(H,12,14). The van der Waals surface area contributed by atoms with E-state index in [1.54, 1.807) is 6.07 Å². The molecule has 1 aromatic carbocycles. The van der Waals surface area contributed by atoms with E-state index in [0.29, 0.717) is 16.2 Å². The highest BCUT2D eigenvalue weighted by Gasteiger charge is 2.09. The molecular weight excluding hydrogens is 276 g/mol. The zero-order chi connectivity index (χ0) is 11.7. The van der Waals surface area contributed by atoms with Crippen molar-refractivity contribution in [3.05, 3.63) is 50.3 Å². The van der Waals surface area contributed by atoms with Crippen molar-refractivity contribution < 1.29 is 4.92 Å². The van der Waals surface area contributed by atoms with Crippen molar-refractivity contribution in [2.45, 2.75) is 5.33 Å². The monoisotopic (exact) mass is 282 g/mol. The van der Waals surface area contributed by atoms with Gasteiger partial charge in [-0.05, 0) is 11.6 Å². The Hall–Kier alpha value is -1.69. The lowest BCUT2D eigenvalue weighted by molar-refractivity contribution is -0.384. The molecular formula is C10H7BrN2O3. The van der Waals surface area contributed by atoms with Crippen LogP contribution in [-0.2, 0) is 5.33 Å². The van der Waals surface area contributed by atoms with E-state index in [0.717, 1.165) is 5.56 Å². The largest absolute Gasteiger partial charge is 0.322 e. The van der Waals surface area contributed by atoms with E-state index in [2.05, 4.69) is 20.9 Å². The van der Waals surface area contributed by atoms with Gasteiger partial charge in [0, 0.05) is 34.4 Å². The third-order valence-corrected chi connectivity index (χ3v) is 2.87. The fourth-order valence-electron chi connectivity index (χ4n) is 1.54. The van der Waals surface area contributed by atoms with Crippen molar-refractivity contribution in [1.82, 2.24) is 4.98 Å². The minimum Gasteiger partial charge on any atom is -0.322 e. The number of hydrogen-bond acceptors (Lipinski definition) is 3. The summed E-state index contributed by atoms with van der Waals surface area (Å²) in [5.74, 6) is 0. The van der Waals surface area contributed by atoms with Gasteiger partial charge in [-0.3, -0.25) is 14.9 Å². The maximum atomic E-state index is 11.3. The number of nitrogens with zero attached hydrogens (tertiary/aromatic N) is 1. The molecule has 0 radical (unpaired) electrons. The van der Waals surface area contributed by atoms with Gasteiger partial charge in [0.05, 0.1) is 4.92 Å². The fourth-order valence-corrected chi connectivity index (χ4v) is 2.00. The van der Waals surface area contributed by atoms with Crippen LogP contribution in [0.15, 0.2) is 29.1 Å². The number of aromatic nitrogens is 1. The number of nitrogens with one attached hydrogen (secondary N) is 1. The summed E-state index contributed by atoms with van der Waals surface area (Å²) in [5, 5.41) is 11.8. The number of nitro benzene ring substituents is 1. The molecule has 0 atom stereocenters. The highest BCUT2D eigenvalue weighted by Crippen LogP contribution is 2.22. The molecule has 16 heavy (non-hydrogen) atoms. The summed E-state index contributed by atoms with van der Waals surface area (Å²) in [4.78, 5) is 24.1. The van der Waals surface area contributed by atoms with Gasteiger partial charge < -0.3 is 4.98 Å². The van der Waals surface area contributed by atoms with Crippen LogP contribution in [0.25, 0.3) is 10.9 Å². The van der Waals surface area contributed by atoms with Gasteiger partial charge in [-0.15, -0.1) is 0 Å². The van der Waals surface area contributed by atoms with Crippen molar-refractivity contribution in [2.75, 3.05) is 0 Å².